The molecule has 0 aliphatic carbocycles. The number of hydrogen-bond donors (Lipinski definition) is 1. The van der Waals surface area contributed by atoms with E-state index in [9.17, 15) is 5.11 Å². The Bertz CT molecular complexity index is 602. The second-order valence-corrected chi connectivity index (χ2v) is 6.02. The zero-order chi connectivity index (χ0) is 15.6. The van der Waals surface area contributed by atoms with E-state index in [-0.39, 0.29) is 0 Å². The Balaban J connectivity index is 2.39. The molecule has 1 unspecified atom stereocenters. The smallest absolute Gasteiger partial charge is 0.123 e. The highest BCUT2D eigenvalue weighted by atomic mass is 35.5. The maximum Gasteiger partial charge on any atom is 0.123 e. The highest BCUT2D eigenvalue weighted by Gasteiger charge is 2.22. The Morgan fingerprint density at radius 2 is 1.90 bits per heavy atom. The third-order valence-corrected chi connectivity index (χ3v) is 3.96. The average molecular weight is 308 g/mol. The van der Waals surface area contributed by atoms with E-state index in [0.29, 0.717) is 17.3 Å². The van der Waals surface area contributed by atoms with Crippen molar-refractivity contribution in [1.82, 2.24) is 14.7 Å². The van der Waals surface area contributed by atoms with Gasteiger partial charge in [-0.2, -0.15) is 5.10 Å². The summed E-state index contributed by atoms with van der Waals surface area (Å²) in [5.74, 6) is 0. The lowest BCUT2D eigenvalue weighted by Gasteiger charge is -2.19. The third kappa shape index (κ3) is 3.46. The lowest BCUT2D eigenvalue weighted by atomic mass is 9.96. The highest BCUT2D eigenvalue weighted by Crippen LogP contribution is 2.31. The van der Waals surface area contributed by atoms with Crippen molar-refractivity contribution < 1.29 is 5.11 Å². The van der Waals surface area contributed by atoms with Gasteiger partial charge in [-0.05, 0) is 44.6 Å². The van der Waals surface area contributed by atoms with Gasteiger partial charge >= 0.3 is 0 Å². The molecular formula is C16H22ClN3O. The zero-order valence-electron chi connectivity index (χ0n) is 13.0. The van der Waals surface area contributed by atoms with Crippen molar-refractivity contribution in [1.29, 1.82) is 0 Å². The number of hydrogen-bond acceptors (Lipinski definition) is 3. The molecule has 1 aromatic heterocycles. The maximum atomic E-state index is 10.8. The molecule has 0 aliphatic heterocycles. The van der Waals surface area contributed by atoms with Gasteiger partial charge in [0.25, 0.3) is 0 Å². The molecule has 0 saturated carbocycles. The summed E-state index contributed by atoms with van der Waals surface area (Å²) in [6.45, 7) is 5.53. The van der Waals surface area contributed by atoms with Crippen LogP contribution in [0, 0.1) is 13.8 Å². The Hall–Kier alpha value is -1.36. The largest absolute Gasteiger partial charge is 0.382 e. The summed E-state index contributed by atoms with van der Waals surface area (Å²) >= 11 is 6.25. The van der Waals surface area contributed by atoms with Gasteiger partial charge in [0.1, 0.15) is 6.10 Å². The predicted molar refractivity (Wildman–Crippen MR) is 85.8 cm³/mol. The van der Waals surface area contributed by atoms with E-state index in [2.05, 4.69) is 10.00 Å². The fraction of sp³-hybridized carbons (Fsp3) is 0.438. The molecule has 0 aliphatic rings. The number of aromatic nitrogens is 2. The van der Waals surface area contributed by atoms with Crippen LogP contribution in [-0.2, 0) is 6.54 Å². The summed E-state index contributed by atoms with van der Waals surface area (Å²) in [7, 11) is 4.01. The predicted octanol–water partition coefficient (Wildman–Crippen LogP) is 2.80. The molecule has 114 valence electrons. The Labute approximate surface area is 131 Å². The number of nitrogens with zero attached hydrogens (tertiary/aromatic N) is 3. The van der Waals surface area contributed by atoms with Crippen LogP contribution in [0.3, 0.4) is 0 Å². The quantitative estimate of drug-likeness (QED) is 0.923. The molecule has 0 bridgehead atoms. The molecule has 2 rings (SSSR count). The molecule has 21 heavy (non-hydrogen) atoms. The molecule has 1 atom stereocenters. The Morgan fingerprint density at radius 1 is 1.29 bits per heavy atom. The summed E-state index contributed by atoms with van der Waals surface area (Å²) in [5.41, 5.74) is 3.68. The Morgan fingerprint density at radius 3 is 2.48 bits per heavy atom. The van der Waals surface area contributed by atoms with Crippen LogP contribution in [0.2, 0.25) is 5.02 Å². The topological polar surface area (TPSA) is 41.3 Å². The van der Waals surface area contributed by atoms with Crippen molar-refractivity contribution >= 4 is 11.6 Å². The number of halogens is 1. The van der Waals surface area contributed by atoms with Gasteiger partial charge < -0.3 is 10.0 Å². The molecule has 0 spiro atoms. The van der Waals surface area contributed by atoms with E-state index in [1.807, 2.05) is 46.1 Å². The molecule has 0 saturated heterocycles. The van der Waals surface area contributed by atoms with Crippen LogP contribution in [0.5, 0.6) is 0 Å². The molecule has 5 heteroatoms. The molecule has 0 radical (unpaired) electrons. The first kappa shape index (κ1) is 16.0. The van der Waals surface area contributed by atoms with Gasteiger partial charge in [0, 0.05) is 6.54 Å². The summed E-state index contributed by atoms with van der Waals surface area (Å²) < 4.78 is 1.79. The normalized spacial score (nSPS) is 12.9. The van der Waals surface area contributed by atoms with Gasteiger partial charge in [-0.3, -0.25) is 4.68 Å². The van der Waals surface area contributed by atoms with Crippen LogP contribution < -0.4 is 0 Å². The number of aryl methyl sites for hydroxylation is 2. The fourth-order valence-electron chi connectivity index (χ4n) is 2.51. The summed E-state index contributed by atoms with van der Waals surface area (Å²) in [5, 5.41) is 15.6. The minimum absolute atomic E-state index is 0.504. The first-order valence-corrected chi connectivity index (χ1v) is 7.39. The van der Waals surface area contributed by atoms with Crippen molar-refractivity contribution in [3.8, 4) is 0 Å². The number of aliphatic hydroxyl groups is 1. The van der Waals surface area contributed by atoms with Crippen molar-refractivity contribution in [2.24, 2.45) is 0 Å². The number of rotatable bonds is 5. The Kier molecular flexibility index (Phi) is 5.04. The van der Waals surface area contributed by atoms with Crippen LogP contribution in [0.1, 0.15) is 28.5 Å². The molecule has 4 nitrogen and oxygen atoms in total. The molecule has 0 amide bonds. The lowest BCUT2D eigenvalue weighted by molar-refractivity contribution is 0.204. The lowest BCUT2D eigenvalue weighted by Crippen LogP contribution is -2.21. The van der Waals surface area contributed by atoms with Crippen LogP contribution in [-0.4, -0.2) is 40.4 Å². The van der Waals surface area contributed by atoms with Crippen LogP contribution in [0.4, 0.5) is 0 Å². The molecule has 2 aromatic rings. The van der Waals surface area contributed by atoms with E-state index in [0.717, 1.165) is 23.2 Å². The van der Waals surface area contributed by atoms with E-state index < -0.39 is 6.10 Å². The SMILES string of the molecule is Cc1cccc(C)c1C(O)c1c(Cl)cnn1CCN(C)C. The van der Waals surface area contributed by atoms with Crippen molar-refractivity contribution in [3.05, 3.63) is 51.8 Å². The van der Waals surface area contributed by atoms with Crippen LogP contribution in [0.25, 0.3) is 0 Å². The molecule has 1 N–H and O–H groups in total. The second kappa shape index (κ2) is 6.60. The fourth-order valence-corrected chi connectivity index (χ4v) is 2.76. The van der Waals surface area contributed by atoms with Crippen LogP contribution >= 0.6 is 11.6 Å². The van der Waals surface area contributed by atoms with Gasteiger partial charge in [0.2, 0.25) is 0 Å². The molecular weight excluding hydrogens is 286 g/mol. The maximum absolute atomic E-state index is 10.8. The molecule has 0 fully saturated rings. The monoisotopic (exact) mass is 307 g/mol. The first-order valence-electron chi connectivity index (χ1n) is 7.02. The number of aliphatic hydroxyl groups excluding tert-OH is 1. The minimum Gasteiger partial charge on any atom is -0.382 e. The number of benzene rings is 1. The van der Waals surface area contributed by atoms with Gasteiger partial charge in [-0.15, -0.1) is 0 Å². The van der Waals surface area contributed by atoms with Gasteiger partial charge in [0.15, 0.2) is 0 Å². The average Bonchev–Trinajstić information content (AvgIpc) is 2.77. The summed E-state index contributed by atoms with van der Waals surface area (Å²) in [4.78, 5) is 2.07. The van der Waals surface area contributed by atoms with E-state index in [1.54, 1.807) is 10.9 Å². The second-order valence-electron chi connectivity index (χ2n) is 5.61. The van der Waals surface area contributed by atoms with Gasteiger partial charge in [0.05, 0.1) is 23.5 Å². The number of likely N-dealkylation sites (N-methyl/N-ethyl adjacent to an activating group) is 1. The minimum atomic E-state index is -0.761. The van der Waals surface area contributed by atoms with Crippen LogP contribution in [0.15, 0.2) is 24.4 Å². The highest BCUT2D eigenvalue weighted by molar-refractivity contribution is 6.31. The van der Waals surface area contributed by atoms with Crippen molar-refractivity contribution in [2.45, 2.75) is 26.5 Å². The molecule has 1 heterocycles. The summed E-state index contributed by atoms with van der Waals surface area (Å²) in [6, 6.07) is 5.99. The van der Waals surface area contributed by atoms with Crippen molar-refractivity contribution in [2.75, 3.05) is 20.6 Å². The van der Waals surface area contributed by atoms with Gasteiger partial charge in [-0.1, -0.05) is 29.8 Å². The first-order chi connectivity index (χ1) is 9.91. The standard InChI is InChI=1S/C16H22ClN3O/c1-11-6-5-7-12(2)14(11)16(21)15-13(17)10-18-20(15)9-8-19(3)4/h5-7,10,16,21H,8-9H2,1-4H3. The molecule has 1 aromatic carbocycles. The third-order valence-electron chi connectivity index (χ3n) is 3.67. The van der Waals surface area contributed by atoms with Crippen molar-refractivity contribution in [3.63, 3.8) is 0 Å². The summed E-state index contributed by atoms with van der Waals surface area (Å²) in [6.07, 6.45) is 0.840. The zero-order valence-corrected chi connectivity index (χ0v) is 13.7. The van der Waals surface area contributed by atoms with E-state index in [1.165, 1.54) is 0 Å². The van der Waals surface area contributed by atoms with E-state index >= 15 is 0 Å². The van der Waals surface area contributed by atoms with Gasteiger partial charge in [-0.25, -0.2) is 0 Å². The van der Waals surface area contributed by atoms with E-state index in [4.69, 9.17) is 11.6 Å².